The highest BCUT2D eigenvalue weighted by atomic mass is 32.2. The van der Waals surface area contributed by atoms with Gasteiger partial charge in [-0.15, -0.1) is 11.8 Å². The Bertz CT molecular complexity index is 1120. The van der Waals surface area contributed by atoms with Crippen molar-refractivity contribution >= 4 is 52.3 Å². The fourth-order valence-electron chi connectivity index (χ4n) is 4.22. The van der Waals surface area contributed by atoms with Gasteiger partial charge in [0.05, 0.1) is 23.2 Å². The zero-order valence-corrected chi connectivity index (χ0v) is 24.7. The number of benzene rings is 1. The van der Waals surface area contributed by atoms with E-state index in [-0.39, 0.29) is 22.6 Å². The van der Waals surface area contributed by atoms with Crippen LogP contribution in [0.5, 0.6) is 0 Å². The molecule has 2 aromatic rings. The number of aromatic nitrogens is 1. The molecule has 38 heavy (non-hydrogen) atoms. The summed E-state index contributed by atoms with van der Waals surface area (Å²) in [4.78, 5) is 40.4. The number of hydrogen-bond donors (Lipinski definition) is 4. The van der Waals surface area contributed by atoms with Gasteiger partial charge < -0.3 is 21.3 Å². The first kappa shape index (κ1) is 30.1. The van der Waals surface area contributed by atoms with Gasteiger partial charge >= 0.3 is 6.03 Å². The van der Waals surface area contributed by atoms with Gasteiger partial charge in [-0.2, -0.15) is 11.8 Å². The number of carbonyl (C=O) groups excluding carboxylic acids is 3. The Labute approximate surface area is 234 Å². The fraction of sp³-hybridized carbons (Fsp3) is 0.571. The quantitative estimate of drug-likeness (QED) is 0.201. The van der Waals surface area contributed by atoms with Crippen molar-refractivity contribution in [2.24, 2.45) is 0 Å². The number of unbranched alkanes of at least 4 members (excludes halogenated alkanes) is 1. The van der Waals surface area contributed by atoms with Gasteiger partial charge in [0.1, 0.15) is 0 Å². The van der Waals surface area contributed by atoms with E-state index in [1.165, 1.54) is 0 Å². The van der Waals surface area contributed by atoms with E-state index >= 15 is 0 Å². The van der Waals surface area contributed by atoms with Crippen molar-refractivity contribution in [3.63, 3.8) is 0 Å². The molecule has 0 aliphatic carbocycles. The summed E-state index contributed by atoms with van der Waals surface area (Å²) in [6.07, 6.45) is 4.84. The molecular weight excluding hydrogens is 518 g/mol. The SMILES string of the molecule is CC1SCC2NC(=O)NC21.CCCCC(=O)NCCCNC(=O)c1cnc2c(SC(C)(C)C)cccc2c1. The highest BCUT2D eigenvalue weighted by Crippen LogP contribution is 2.35. The third-order valence-corrected chi connectivity index (χ3v) is 8.70. The standard InChI is InChI=1S/C22H31N3O2S.C6H10N2OS/c1-5-6-11-19(26)23-12-8-13-24-21(27)17-14-16-9-7-10-18(20(16)25-15-17)28-22(2,3)4;1-3-5-4(2-10-3)7-6(9)8-5/h7,9-10,14-15H,5-6,8,11-13H2,1-4H3,(H,23,26)(H,24,27);3-5H,2H2,1H3,(H2,7,8,9). The molecule has 2 aliphatic heterocycles. The van der Waals surface area contributed by atoms with E-state index in [9.17, 15) is 14.4 Å². The van der Waals surface area contributed by atoms with Gasteiger partial charge in [-0.05, 0) is 25.0 Å². The van der Waals surface area contributed by atoms with Crippen LogP contribution < -0.4 is 21.3 Å². The molecule has 10 heteroatoms. The second-order valence-electron chi connectivity index (χ2n) is 10.6. The van der Waals surface area contributed by atoms with Crippen LogP contribution in [0.3, 0.4) is 0 Å². The number of para-hydroxylation sites is 1. The Hall–Kier alpha value is -2.46. The van der Waals surface area contributed by atoms with Crippen molar-refractivity contribution < 1.29 is 14.4 Å². The second-order valence-corrected chi connectivity index (χ2v) is 13.9. The van der Waals surface area contributed by atoms with Crippen molar-refractivity contribution in [3.05, 3.63) is 36.0 Å². The molecule has 208 valence electrons. The molecule has 4 N–H and O–H groups in total. The van der Waals surface area contributed by atoms with Crippen molar-refractivity contribution in [1.82, 2.24) is 26.3 Å². The van der Waals surface area contributed by atoms with E-state index in [2.05, 4.69) is 66.9 Å². The van der Waals surface area contributed by atoms with Gasteiger partial charge in [0.25, 0.3) is 5.91 Å². The zero-order chi connectivity index (χ0) is 27.7. The summed E-state index contributed by atoms with van der Waals surface area (Å²) in [5, 5.41) is 13.1. The number of hydrogen-bond acceptors (Lipinski definition) is 6. The van der Waals surface area contributed by atoms with E-state index in [4.69, 9.17) is 0 Å². The molecule has 3 atom stereocenters. The Morgan fingerprint density at radius 2 is 1.92 bits per heavy atom. The second kappa shape index (κ2) is 14.1. The van der Waals surface area contributed by atoms with Gasteiger partial charge in [-0.25, -0.2) is 4.79 Å². The molecular formula is C28H41N5O3S2. The Balaban J connectivity index is 0.000000329. The predicted octanol–water partition coefficient (Wildman–Crippen LogP) is 4.72. The summed E-state index contributed by atoms with van der Waals surface area (Å²) in [5.74, 6) is 1.00. The van der Waals surface area contributed by atoms with E-state index in [1.807, 2.05) is 30.0 Å². The summed E-state index contributed by atoms with van der Waals surface area (Å²) >= 11 is 3.69. The molecule has 4 rings (SSSR count). The number of carbonyl (C=O) groups is 3. The lowest BCUT2D eigenvalue weighted by Crippen LogP contribution is -2.35. The van der Waals surface area contributed by atoms with Crippen LogP contribution in [0.2, 0.25) is 0 Å². The first-order chi connectivity index (χ1) is 18.1. The monoisotopic (exact) mass is 559 g/mol. The Morgan fingerprint density at radius 3 is 2.63 bits per heavy atom. The normalized spacial score (nSPS) is 20.1. The molecule has 8 nitrogen and oxygen atoms in total. The van der Waals surface area contributed by atoms with Crippen molar-refractivity contribution in [3.8, 4) is 0 Å². The van der Waals surface area contributed by atoms with Gasteiger partial charge in [0.2, 0.25) is 5.91 Å². The molecule has 0 saturated carbocycles. The van der Waals surface area contributed by atoms with E-state index in [0.717, 1.165) is 34.4 Å². The number of pyridine rings is 1. The third kappa shape index (κ3) is 9.08. The van der Waals surface area contributed by atoms with E-state index < -0.39 is 0 Å². The first-order valence-corrected chi connectivity index (χ1v) is 15.2. The minimum absolute atomic E-state index is 0.00199. The molecule has 1 aromatic carbocycles. The van der Waals surface area contributed by atoms with Crippen molar-refractivity contribution in [2.45, 2.75) is 87.3 Å². The number of nitrogens with zero attached hydrogens (tertiary/aromatic N) is 1. The number of amides is 4. The summed E-state index contributed by atoms with van der Waals surface area (Å²) in [6.45, 7) is 11.8. The highest BCUT2D eigenvalue weighted by molar-refractivity contribution is 8.00. The lowest BCUT2D eigenvalue weighted by Gasteiger charge is -2.18. The van der Waals surface area contributed by atoms with Crippen LogP contribution in [0, 0.1) is 0 Å². The number of nitrogens with one attached hydrogen (secondary N) is 4. The van der Waals surface area contributed by atoms with Crippen molar-refractivity contribution in [1.29, 1.82) is 0 Å². The molecule has 0 radical (unpaired) electrons. The summed E-state index contributed by atoms with van der Waals surface area (Å²) in [5.41, 5.74) is 1.48. The number of rotatable bonds is 9. The van der Waals surface area contributed by atoms with Crippen LogP contribution in [-0.2, 0) is 4.79 Å². The molecule has 2 aliphatic rings. The fourth-order valence-corrected chi connectivity index (χ4v) is 6.56. The van der Waals surface area contributed by atoms with Gasteiger partial charge in [-0.1, -0.05) is 53.2 Å². The van der Waals surface area contributed by atoms with E-state index in [1.54, 1.807) is 18.0 Å². The van der Waals surface area contributed by atoms with Crippen molar-refractivity contribution in [2.75, 3.05) is 18.8 Å². The average molecular weight is 560 g/mol. The Morgan fingerprint density at radius 1 is 1.16 bits per heavy atom. The van der Waals surface area contributed by atoms with E-state index in [0.29, 0.717) is 48.8 Å². The maximum Gasteiger partial charge on any atom is 0.315 e. The Kier molecular flexibility index (Phi) is 11.1. The molecule has 1 aromatic heterocycles. The van der Waals surface area contributed by atoms with Crippen LogP contribution in [0.4, 0.5) is 4.79 Å². The molecule has 0 bridgehead atoms. The lowest BCUT2D eigenvalue weighted by atomic mass is 10.1. The predicted molar refractivity (Wildman–Crippen MR) is 158 cm³/mol. The van der Waals surface area contributed by atoms with Gasteiger partial charge in [0.15, 0.2) is 0 Å². The minimum atomic E-state index is -0.138. The first-order valence-electron chi connectivity index (χ1n) is 13.4. The zero-order valence-electron chi connectivity index (χ0n) is 23.1. The smallest absolute Gasteiger partial charge is 0.315 e. The molecule has 3 heterocycles. The molecule has 0 spiro atoms. The average Bonchev–Trinajstić information content (AvgIpc) is 3.41. The maximum atomic E-state index is 12.4. The largest absolute Gasteiger partial charge is 0.356 e. The van der Waals surface area contributed by atoms with Gasteiger partial charge in [-0.3, -0.25) is 14.6 Å². The topological polar surface area (TPSA) is 112 Å². The maximum absolute atomic E-state index is 12.4. The lowest BCUT2D eigenvalue weighted by molar-refractivity contribution is -0.121. The summed E-state index contributed by atoms with van der Waals surface area (Å²) in [6, 6.07) is 8.70. The number of fused-ring (bicyclic) bond motifs is 2. The van der Waals surface area contributed by atoms with Crippen LogP contribution >= 0.6 is 23.5 Å². The van der Waals surface area contributed by atoms with Gasteiger partial charge in [0, 0.05) is 51.7 Å². The highest BCUT2D eigenvalue weighted by Gasteiger charge is 2.40. The third-order valence-electron chi connectivity index (χ3n) is 6.16. The minimum Gasteiger partial charge on any atom is -0.356 e. The van der Waals surface area contributed by atoms with Crippen LogP contribution in [-0.4, -0.2) is 63.8 Å². The number of urea groups is 1. The van der Waals surface area contributed by atoms with Crippen LogP contribution in [0.25, 0.3) is 10.9 Å². The summed E-state index contributed by atoms with van der Waals surface area (Å²) in [7, 11) is 0. The van der Waals surface area contributed by atoms with Crippen LogP contribution in [0.1, 0.15) is 70.7 Å². The molecule has 2 saturated heterocycles. The molecule has 3 unspecified atom stereocenters. The number of thioether (sulfide) groups is 2. The molecule has 4 amide bonds. The summed E-state index contributed by atoms with van der Waals surface area (Å²) < 4.78 is 0.0952. The molecule has 2 fully saturated rings. The van der Waals surface area contributed by atoms with Crippen LogP contribution in [0.15, 0.2) is 35.4 Å².